The van der Waals surface area contributed by atoms with Gasteiger partial charge >= 0.3 is 6.09 Å². The van der Waals surface area contributed by atoms with Crippen molar-refractivity contribution < 1.29 is 24.2 Å². The number of aldehydes is 1. The number of phenols is 1. The second-order valence-electron chi connectivity index (χ2n) is 5.26. The number of phenolic OH excluding ortho intramolecular Hbond substituents is 1. The van der Waals surface area contributed by atoms with Gasteiger partial charge in [0, 0.05) is 5.56 Å². The van der Waals surface area contributed by atoms with Crippen molar-refractivity contribution in [3.05, 3.63) is 17.2 Å². The summed E-state index contributed by atoms with van der Waals surface area (Å²) in [4.78, 5) is 22.7. The number of hydrogen-bond donors (Lipinski definition) is 2. The first-order valence-corrected chi connectivity index (χ1v) is 6.05. The minimum absolute atomic E-state index is 0.0264. The van der Waals surface area contributed by atoms with Crippen molar-refractivity contribution in [2.24, 2.45) is 0 Å². The summed E-state index contributed by atoms with van der Waals surface area (Å²) in [7, 11) is 1.37. The molecule has 1 aromatic rings. The van der Waals surface area contributed by atoms with E-state index in [-0.39, 0.29) is 17.1 Å². The van der Waals surface area contributed by atoms with Crippen LogP contribution < -0.4 is 10.1 Å². The zero-order valence-corrected chi connectivity index (χ0v) is 12.2. The molecule has 20 heavy (non-hydrogen) atoms. The Labute approximate surface area is 117 Å². The highest BCUT2D eigenvalue weighted by Crippen LogP contribution is 2.37. The molecule has 0 fully saturated rings. The number of rotatable bonds is 3. The number of nitrogens with one attached hydrogen (secondary N) is 1. The zero-order valence-electron chi connectivity index (χ0n) is 12.2. The number of hydrogen-bond acceptors (Lipinski definition) is 5. The second kappa shape index (κ2) is 5.81. The lowest BCUT2D eigenvalue weighted by Crippen LogP contribution is -2.27. The Hall–Kier alpha value is -2.24. The maximum absolute atomic E-state index is 11.7. The van der Waals surface area contributed by atoms with Gasteiger partial charge in [-0.05, 0) is 33.8 Å². The Balaban J connectivity index is 3.13. The van der Waals surface area contributed by atoms with Crippen molar-refractivity contribution in [2.75, 3.05) is 12.4 Å². The Bertz CT molecular complexity index is 531. The number of ether oxygens (including phenoxy) is 2. The summed E-state index contributed by atoms with van der Waals surface area (Å²) in [5.41, 5.74) is 0.239. The van der Waals surface area contributed by atoms with Crippen molar-refractivity contribution in [1.82, 2.24) is 0 Å². The molecule has 0 radical (unpaired) electrons. The van der Waals surface area contributed by atoms with Gasteiger partial charge in [-0.15, -0.1) is 0 Å². The molecule has 0 aliphatic carbocycles. The van der Waals surface area contributed by atoms with Crippen LogP contribution in [0.25, 0.3) is 0 Å². The Morgan fingerprint density at radius 2 is 2.00 bits per heavy atom. The molecule has 0 saturated heterocycles. The predicted octanol–water partition coefficient (Wildman–Crippen LogP) is 2.87. The Kier molecular flexibility index (Phi) is 4.60. The largest absolute Gasteiger partial charge is 0.504 e. The summed E-state index contributed by atoms with van der Waals surface area (Å²) in [6.07, 6.45) is -0.164. The van der Waals surface area contributed by atoms with E-state index in [1.54, 1.807) is 27.7 Å². The molecule has 0 aliphatic rings. The van der Waals surface area contributed by atoms with Crippen LogP contribution >= 0.6 is 0 Å². The van der Waals surface area contributed by atoms with Crippen LogP contribution in [0.1, 0.15) is 36.7 Å². The smallest absolute Gasteiger partial charge is 0.412 e. The zero-order chi connectivity index (χ0) is 15.5. The first kappa shape index (κ1) is 15.8. The molecule has 0 saturated carbocycles. The molecule has 0 heterocycles. The van der Waals surface area contributed by atoms with Crippen LogP contribution in [0.15, 0.2) is 6.07 Å². The maximum atomic E-state index is 11.7. The monoisotopic (exact) mass is 281 g/mol. The maximum Gasteiger partial charge on any atom is 0.412 e. The molecule has 1 aromatic carbocycles. The summed E-state index contributed by atoms with van der Waals surface area (Å²) in [5, 5.41) is 12.3. The number of methoxy groups -OCH3 is 1. The van der Waals surface area contributed by atoms with Gasteiger partial charge in [-0.25, -0.2) is 4.79 Å². The van der Waals surface area contributed by atoms with Crippen molar-refractivity contribution in [3.8, 4) is 11.5 Å². The van der Waals surface area contributed by atoms with E-state index in [0.717, 1.165) is 0 Å². The lowest BCUT2D eigenvalue weighted by Gasteiger charge is -2.21. The standard InChI is InChI=1S/C14H19NO5/c1-8-10(15-13(18)20-14(2,3)4)6-9(7-16)11(17)12(8)19-5/h6-7,17H,1-5H3,(H,15,18). The van der Waals surface area contributed by atoms with E-state index in [1.165, 1.54) is 13.2 Å². The highest BCUT2D eigenvalue weighted by molar-refractivity contribution is 5.91. The van der Waals surface area contributed by atoms with Gasteiger partial charge in [0.2, 0.25) is 0 Å². The van der Waals surface area contributed by atoms with Gasteiger partial charge in [0.25, 0.3) is 0 Å². The van der Waals surface area contributed by atoms with E-state index in [1.807, 2.05) is 0 Å². The Morgan fingerprint density at radius 3 is 2.45 bits per heavy atom. The normalized spacial score (nSPS) is 10.8. The van der Waals surface area contributed by atoms with E-state index in [2.05, 4.69) is 5.32 Å². The number of benzene rings is 1. The van der Waals surface area contributed by atoms with Gasteiger partial charge in [0.05, 0.1) is 18.4 Å². The third-order valence-electron chi connectivity index (χ3n) is 2.50. The average Bonchev–Trinajstić information content (AvgIpc) is 2.31. The van der Waals surface area contributed by atoms with Gasteiger partial charge in [-0.2, -0.15) is 0 Å². The molecule has 6 nitrogen and oxygen atoms in total. The average molecular weight is 281 g/mol. The molecule has 6 heteroatoms. The SMILES string of the molecule is COc1c(C)c(NC(=O)OC(C)(C)C)cc(C=O)c1O. The van der Waals surface area contributed by atoms with Gasteiger partial charge in [0.15, 0.2) is 17.8 Å². The van der Waals surface area contributed by atoms with Crippen molar-refractivity contribution >= 4 is 18.1 Å². The molecule has 1 amide bonds. The second-order valence-corrected chi connectivity index (χ2v) is 5.26. The highest BCUT2D eigenvalue weighted by Gasteiger charge is 2.20. The first-order valence-electron chi connectivity index (χ1n) is 6.05. The summed E-state index contributed by atoms with van der Waals surface area (Å²) >= 11 is 0. The van der Waals surface area contributed by atoms with Crippen LogP contribution in [0.4, 0.5) is 10.5 Å². The number of amides is 1. The quantitative estimate of drug-likeness (QED) is 0.657. The van der Waals surface area contributed by atoms with E-state index < -0.39 is 11.7 Å². The van der Waals surface area contributed by atoms with Gasteiger partial charge in [-0.1, -0.05) is 0 Å². The first-order chi connectivity index (χ1) is 9.19. The minimum atomic E-state index is -0.648. The van der Waals surface area contributed by atoms with Crippen LogP contribution in [-0.4, -0.2) is 30.2 Å². The number of aromatic hydroxyl groups is 1. The molecule has 0 spiro atoms. The summed E-state index contributed by atoms with van der Waals surface area (Å²) < 4.78 is 10.2. The van der Waals surface area contributed by atoms with Crippen LogP contribution in [0.3, 0.4) is 0 Å². The van der Waals surface area contributed by atoms with Crippen molar-refractivity contribution in [3.63, 3.8) is 0 Å². The molecular formula is C14H19NO5. The fourth-order valence-electron chi connectivity index (χ4n) is 1.65. The molecular weight excluding hydrogens is 262 g/mol. The van der Waals surface area contributed by atoms with Crippen molar-refractivity contribution in [2.45, 2.75) is 33.3 Å². The third kappa shape index (κ3) is 3.63. The van der Waals surface area contributed by atoms with Crippen LogP contribution in [-0.2, 0) is 4.74 Å². The minimum Gasteiger partial charge on any atom is -0.504 e. The van der Waals surface area contributed by atoms with E-state index >= 15 is 0 Å². The van der Waals surface area contributed by atoms with Crippen LogP contribution in [0, 0.1) is 6.92 Å². The van der Waals surface area contributed by atoms with Crippen LogP contribution in [0.2, 0.25) is 0 Å². The van der Waals surface area contributed by atoms with Crippen molar-refractivity contribution in [1.29, 1.82) is 0 Å². The molecule has 2 N–H and O–H groups in total. The fourth-order valence-corrected chi connectivity index (χ4v) is 1.65. The van der Waals surface area contributed by atoms with E-state index in [9.17, 15) is 14.7 Å². The molecule has 110 valence electrons. The predicted molar refractivity (Wildman–Crippen MR) is 74.6 cm³/mol. The third-order valence-corrected chi connectivity index (χ3v) is 2.50. The molecule has 0 aromatic heterocycles. The van der Waals surface area contributed by atoms with E-state index in [0.29, 0.717) is 17.5 Å². The van der Waals surface area contributed by atoms with Gasteiger partial charge < -0.3 is 14.6 Å². The van der Waals surface area contributed by atoms with Gasteiger partial charge in [-0.3, -0.25) is 10.1 Å². The molecule has 0 atom stereocenters. The lowest BCUT2D eigenvalue weighted by atomic mass is 10.1. The Morgan fingerprint density at radius 1 is 1.40 bits per heavy atom. The summed E-state index contributed by atoms with van der Waals surface area (Å²) in [6, 6.07) is 1.37. The number of anilines is 1. The molecule has 0 aliphatic heterocycles. The lowest BCUT2D eigenvalue weighted by molar-refractivity contribution is 0.0635. The fraction of sp³-hybridized carbons (Fsp3) is 0.429. The van der Waals surface area contributed by atoms with Crippen LogP contribution in [0.5, 0.6) is 11.5 Å². The number of carbonyl (C=O) groups is 2. The highest BCUT2D eigenvalue weighted by atomic mass is 16.6. The van der Waals surface area contributed by atoms with E-state index in [4.69, 9.17) is 9.47 Å². The molecule has 0 bridgehead atoms. The molecule has 1 rings (SSSR count). The summed E-state index contributed by atoms with van der Waals surface area (Å²) in [6.45, 7) is 6.88. The summed E-state index contributed by atoms with van der Waals surface area (Å²) in [5.74, 6) is -0.115. The van der Waals surface area contributed by atoms with Gasteiger partial charge in [0.1, 0.15) is 5.60 Å². The molecule has 0 unspecified atom stereocenters. The number of carbonyl (C=O) groups excluding carboxylic acids is 2. The topological polar surface area (TPSA) is 84.9 Å².